The lowest BCUT2D eigenvalue weighted by Gasteiger charge is -2.30. The number of methoxy groups -OCH3 is 1. The van der Waals surface area contributed by atoms with E-state index in [1.54, 1.807) is 0 Å². The molecule has 2 heterocycles. The van der Waals surface area contributed by atoms with Crippen LogP contribution in [-0.4, -0.2) is 46.0 Å². The van der Waals surface area contributed by atoms with Crippen molar-refractivity contribution in [2.75, 3.05) is 13.7 Å². The molecule has 2 N–H and O–H groups in total. The number of nitrogens with zero attached hydrogens (tertiary/aromatic N) is 3. The van der Waals surface area contributed by atoms with Crippen LogP contribution < -0.4 is 5.73 Å². The molecule has 0 saturated carbocycles. The molecule has 1 aliphatic heterocycles. The minimum Gasteiger partial charge on any atom is -0.464 e. The number of benzene rings is 1. The van der Waals surface area contributed by atoms with Crippen LogP contribution in [0.5, 0.6) is 0 Å². The van der Waals surface area contributed by atoms with Gasteiger partial charge in [0.1, 0.15) is 5.82 Å². The van der Waals surface area contributed by atoms with Crippen LogP contribution in [0.3, 0.4) is 0 Å². The standard InChI is InChI=1S/C19H18F6N4O3.ClH/c1-32-17(31)16-14-8-28(2-3-29(14)18(27-16)19(23,24)25)15(30)6-10(26)4-9-5-12(21)13(22)7-11(9)20;/h5,7,10H,2-4,6,8,26H2,1H3;1H/t10-;/m1./s1. The fraction of sp³-hybridized carbons (Fsp3) is 0.421. The van der Waals surface area contributed by atoms with Gasteiger partial charge in [-0.2, -0.15) is 13.2 Å². The Kier molecular flexibility index (Phi) is 8.01. The van der Waals surface area contributed by atoms with Crippen LogP contribution in [0.25, 0.3) is 0 Å². The van der Waals surface area contributed by atoms with Crippen LogP contribution in [-0.2, 0) is 35.2 Å². The van der Waals surface area contributed by atoms with E-state index >= 15 is 0 Å². The number of carbonyl (C=O) groups excluding carboxylic acids is 2. The lowest BCUT2D eigenvalue weighted by molar-refractivity contribution is -0.148. The van der Waals surface area contributed by atoms with Crippen LogP contribution in [0, 0.1) is 17.5 Å². The normalized spacial score (nSPS) is 14.4. The first kappa shape index (κ1) is 26.5. The molecule has 0 radical (unpaired) electrons. The predicted octanol–water partition coefficient (Wildman–Crippen LogP) is 2.83. The van der Waals surface area contributed by atoms with Gasteiger partial charge >= 0.3 is 12.1 Å². The first-order chi connectivity index (χ1) is 14.9. The maximum absolute atomic E-state index is 13.8. The fourth-order valence-electron chi connectivity index (χ4n) is 3.49. The monoisotopic (exact) mass is 500 g/mol. The zero-order valence-corrected chi connectivity index (χ0v) is 17.9. The number of ether oxygens (including phenoxy) is 1. The number of imidazole rings is 1. The van der Waals surface area contributed by atoms with Gasteiger partial charge in [0, 0.05) is 31.6 Å². The summed E-state index contributed by atoms with van der Waals surface area (Å²) in [6.07, 6.45) is -5.43. The van der Waals surface area contributed by atoms with Gasteiger partial charge in [-0.1, -0.05) is 0 Å². The lowest BCUT2D eigenvalue weighted by atomic mass is 10.0. The van der Waals surface area contributed by atoms with E-state index in [0.717, 1.165) is 11.7 Å². The molecule has 7 nitrogen and oxygen atoms in total. The number of esters is 1. The van der Waals surface area contributed by atoms with E-state index < -0.39 is 53.1 Å². The Bertz CT molecular complexity index is 1060. The molecule has 0 fully saturated rings. The highest BCUT2D eigenvalue weighted by Crippen LogP contribution is 2.32. The molecule has 1 atom stereocenters. The molecule has 0 bridgehead atoms. The molecule has 0 saturated heterocycles. The number of carbonyl (C=O) groups is 2. The Labute approximate surface area is 189 Å². The Morgan fingerprint density at radius 2 is 1.79 bits per heavy atom. The van der Waals surface area contributed by atoms with Gasteiger partial charge in [0.25, 0.3) is 0 Å². The van der Waals surface area contributed by atoms with Crippen LogP contribution in [0.2, 0.25) is 0 Å². The highest BCUT2D eigenvalue weighted by Gasteiger charge is 2.42. The molecule has 3 rings (SSSR count). The third-order valence-electron chi connectivity index (χ3n) is 5.00. The van der Waals surface area contributed by atoms with Crippen molar-refractivity contribution in [2.24, 2.45) is 5.73 Å². The summed E-state index contributed by atoms with van der Waals surface area (Å²) in [5.41, 5.74) is 4.95. The van der Waals surface area contributed by atoms with Crippen molar-refractivity contribution in [3.63, 3.8) is 0 Å². The Morgan fingerprint density at radius 3 is 2.39 bits per heavy atom. The SMILES string of the molecule is COC(=O)c1nc(C(F)(F)F)n2c1CN(C(=O)C[C@H](N)Cc1cc(F)c(F)cc1F)CC2.Cl. The first-order valence-corrected chi connectivity index (χ1v) is 9.34. The van der Waals surface area contributed by atoms with Crippen LogP contribution in [0.1, 0.15) is 34.0 Å². The smallest absolute Gasteiger partial charge is 0.449 e. The van der Waals surface area contributed by atoms with Gasteiger partial charge in [0.15, 0.2) is 17.3 Å². The molecular formula is C19H19ClF6N4O3. The van der Waals surface area contributed by atoms with Crippen LogP contribution in [0.15, 0.2) is 12.1 Å². The van der Waals surface area contributed by atoms with Gasteiger partial charge in [-0.15, -0.1) is 12.4 Å². The van der Waals surface area contributed by atoms with E-state index in [1.807, 2.05) is 0 Å². The topological polar surface area (TPSA) is 90.5 Å². The summed E-state index contributed by atoms with van der Waals surface area (Å²) in [4.78, 5) is 29.1. The molecule has 14 heteroatoms. The highest BCUT2D eigenvalue weighted by molar-refractivity contribution is 5.89. The summed E-state index contributed by atoms with van der Waals surface area (Å²) in [7, 11) is 0.990. The maximum atomic E-state index is 13.8. The second-order valence-electron chi connectivity index (χ2n) is 7.21. The Balaban J connectivity index is 0.00000385. The first-order valence-electron chi connectivity index (χ1n) is 9.34. The summed E-state index contributed by atoms with van der Waals surface area (Å²) in [5, 5.41) is 0. The van der Waals surface area contributed by atoms with Crippen molar-refractivity contribution in [3.05, 3.63) is 52.4 Å². The average Bonchev–Trinajstić information content (AvgIpc) is 3.10. The molecule has 1 aromatic heterocycles. The molecule has 2 aromatic rings. The Hall–Kier alpha value is -2.80. The van der Waals surface area contributed by atoms with Gasteiger partial charge in [-0.25, -0.2) is 22.9 Å². The van der Waals surface area contributed by atoms with Crippen molar-refractivity contribution in [3.8, 4) is 0 Å². The van der Waals surface area contributed by atoms with E-state index in [1.165, 1.54) is 4.90 Å². The average molecular weight is 501 g/mol. The number of hydrogen-bond acceptors (Lipinski definition) is 5. The molecule has 0 aliphatic carbocycles. The molecule has 182 valence electrons. The van der Waals surface area contributed by atoms with Crippen LogP contribution >= 0.6 is 12.4 Å². The van der Waals surface area contributed by atoms with Crippen molar-refractivity contribution in [1.29, 1.82) is 0 Å². The van der Waals surface area contributed by atoms with Crippen molar-refractivity contribution < 1.29 is 40.7 Å². The van der Waals surface area contributed by atoms with Gasteiger partial charge in [0.05, 0.1) is 19.3 Å². The summed E-state index contributed by atoms with van der Waals surface area (Å²) in [6.45, 7) is -0.732. The van der Waals surface area contributed by atoms with Gasteiger partial charge in [0.2, 0.25) is 11.7 Å². The molecule has 1 aliphatic rings. The quantitative estimate of drug-likeness (QED) is 0.387. The lowest BCUT2D eigenvalue weighted by Crippen LogP contribution is -2.42. The second-order valence-corrected chi connectivity index (χ2v) is 7.21. The Morgan fingerprint density at radius 1 is 1.15 bits per heavy atom. The van der Waals surface area contributed by atoms with Crippen molar-refractivity contribution in [1.82, 2.24) is 14.5 Å². The summed E-state index contributed by atoms with van der Waals surface area (Å²) >= 11 is 0. The van der Waals surface area contributed by atoms with E-state index in [4.69, 9.17) is 5.73 Å². The number of aromatic nitrogens is 2. The number of halogens is 7. The van der Waals surface area contributed by atoms with Crippen molar-refractivity contribution in [2.45, 2.75) is 38.1 Å². The third kappa shape index (κ3) is 5.58. The van der Waals surface area contributed by atoms with Gasteiger partial charge in [-0.05, 0) is 18.1 Å². The number of rotatable bonds is 5. The molecule has 1 aromatic carbocycles. The van der Waals surface area contributed by atoms with Crippen molar-refractivity contribution >= 4 is 24.3 Å². The zero-order chi connectivity index (χ0) is 23.8. The molecular weight excluding hydrogens is 482 g/mol. The maximum Gasteiger partial charge on any atom is 0.449 e. The highest BCUT2D eigenvalue weighted by atomic mass is 35.5. The third-order valence-corrected chi connectivity index (χ3v) is 5.00. The van der Waals surface area contributed by atoms with Gasteiger partial charge < -0.3 is 19.9 Å². The number of alkyl halides is 3. The number of hydrogen-bond donors (Lipinski definition) is 1. The largest absolute Gasteiger partial charge is 0.464 e. The van der Waals surface area contributed by atoms with Gasteiger partial charge in [-0.3, -0.25) is 4.79 Å². The number of amides is 1. The molecule has 0 spiro atoms. The minimum atomic E-state index is -4.82. The number of nitrogens with two attached hydrogens (primary N) is 1. The predicted molar refractivity (Wildman–Crippen MR) is 104 cm³/mol. The molecule has 33 heavy (non-hydrogen) atoms. The van der Waals surface area contributed by atoms with E-state index in [2.05, 4.69) is 9.72 Å². The van der Waals surface area contributed by atoms with Crippen LogP contribution in [0.4, 0.5) is 26.3 Å². The summed E-state index contributed by atoms with van der Waals surface area (Å²) in [5.74, 6) is -6.57. The fourth-order valence-corrected chi connectivity index (χ4v) is 3.49. The molecule has 0 unspecified atom stereocenters. The summed E-state index contributed by atoms with van der Waals surface area (Å²) < 4.78 is 85.3. The molecule has 1 amide bonds. The zero-order valence-electron chi connectivity index (χ0n) is 17.1. The van der Waals surface area contributed by atoms with E-state index in [9.17, 15) is 35.9 Å². The second kappa shape index (κ2) is 10.00. The summed E-state index contributed by atoms with van der Waals surface area (Å²) in [6, 6.07) is 0.0485. The van der Waals surface area contributed by atoms with E-state index in [-0.39, 0.29) is 56.1 Å². The minimum absolute atomic E-state index is 0. The number of fused-ring (bicyclic) bond motifs is 1. The van der Waals surface area contributed by atoms with E-state index in [0.29, 0.717) is 12.1 Å².